The van der Waals surface area contributed by atoms with E-state index in [0.29, 0.717) is 47.9 Å². The van der Waals surface area contributed by atoms with Gasteiger partial charge in [0.15, 0.2) is 16.3 Å². The van der Waals surface area contributed by atoms with E-state index in [2.05, 4.69) is 20.9 Å². The van der Waals surface area contributed by atoms with Gasteiger partial charge in [0.25, 0.3) is 11.2 Å². The number of carbonyl (C=O) groups excluding carboxylic acids is 1. The van der Waals surface area contributed by atoms with Crippen LogP contribution in [0, 0.1) is 10.1 Å². The molecule has 13 heteroatoms. The van der Waals surface area contributed by atoms with Crippen LogP contribution < -0.4 is 24.4 Å². The van der Waals surface area contributed by atoms with Crippen LogP contribution in [0.25, 0.3) is 17.4 Å². The maximum absolute atomic E-state index is 14.0. The number of furan rings is 1. The molecule has 0 saturated heterocycles. The highest BCUT2D eigenvalue weighted by molar-refractivity contribution is 9.10. The first-order valence-electron chi connectivity index (χ1n) is 13.6. The Balaban J connectivity index is 1.64. The number of carbonyl (C=O) groups is 1. The van der Waals surface area contributed by atoms with E-state index in [1.807, 2.05) is 13.8 Å². The van der Waals surface area contributed by atoms with Gasteiger partial charge in [-0.05, 0) is 69.7 Å². The number of allylic oxidation sites excluding steroid dienone is 1. The quantitative estimate of drug-likeness (QED) is 0.128. The molecular weight excluding hydrogens is 654 g/mol. The van der Waals surface area contributed by atoms with E-state index in [9.17, 15) is 19.7 Å². The highest BCUT2D eigenvalue weighted by atomic mass is 79.9. The molecule has 0 spiro atoms. The minimum absolute atomic E-state index is 0.0957. The van der Waals surface area contributed by atoms with Crippen LogP contribution in [0.4, 0.5) is 5.69 Å². The fraction of sp³-hybridized carbons (Fsp3) is 0.258. The largest absolute Gasteiger partial charge is 0.493 e. The summed E-state index contributed by atoms with van der Waals surface area (Å²) >= 11 is 4.39. The van der Waals surface area contributed by atoms with Gasteiger partial charge in [-0.25, -0.2) is 9.79 Å². The molecule has 0 radical (unpaired) electrons. The molecule has 44 heavy (non-hydrogen) atoms. The topological polar surface area (TPSA) is 135 Å². The number of nitro benzene ring substituents is 1. The number of thiazole rings is 1. The van der Waals surface area contributed by atoms with Crippen molar-refractivity contribution in [3.8, 4) is 22.8 Å². The minimum atomic E-state index is -0.855. The molecule has 0 amide bonds. The Bertz CT molecular complexity index is 1990. The number of benzene rings is 2. The summed E-state index contributed by atoms with van der Waals surface area (Å²) in [5.41, 5.74) is 1.03. The van der Waals surface area contributed by atoms with Gasteiger partial charge >= 0.3 is 5.97 Å². The van der Waals surface area contributed by atoms with E-state index in [1.54, 1.807) is 62.4 Å². The number of methoxy groups -OCH3 is 1. The fourth-order valence-electron chi connectivity index (χ4n) is 4.88. The van der Waals surface area contributed by atoms with Gasteiger partial charge in [-0.15, -0.1) is 0 Å². The summed E-state index contributed by atoms with van der Waals surface area (Å²) in [6.07, 6.45) is 1.46. The second-order valence-electron chi connectivity index (χ2n) is 10.00. The molecule has 0 saturated carbocycles. The minimum Gasteiger partial charge on any atom is -0.493 e. The Morgan fingerprint density at radius 2 is 1.98 bits per heavy atom. The smallest absolute Gasteiger partial charge is 0.338 e. The summed E-state index contributed by atoms with van der Waals surface area (Å²) in [7, 11) is 1.52. The third-order valence-electron chi connectivity index (χ3n) is 6.71. The predicted molar refractivity (Wildman–Crippen MR) is 168 cm³/mol. The van der Waals surface area contributed by atoms with E-state index < -0.39 is 22.5 Å². The van der Waals surface area contributed by atoms with Crippen molar-refractivity contribution in [2.75, 3.05) is 13.7 Å². The average Bonchev–Trinajstić information content (AvgIpc) is 3.56. The van der Waals surface area contributed by atoms with E-state index in [0.717, 1.165) is 11.3 Å². The van der Waals surface area contributed by atoms with Crippen LogP contribution in [-0.4, -0.2) is 35.3 Å². The molecule has 5 rings (SSSR count). The van der Waals surface area contributed by atoms with Gasteiger partial charge in [-0.3, -0.25) is 19.5 Å². The number of hydrogen-bond donors (Lipinski definition) is 0. The molecule has 0 bridgehead atoms. The summed E-state index contributed by atoms with van der Waals surface area (Å²) in [6.45, 7) is 7.36. The molecular formula is C31H28BrN3O8S. The maximum atomic E-state index is 14.0. The lowest BCUT2D eigenvalue weighted by atomic mass is 9.95. The van der Waals surface area contributed by atoms with Gasteiger partial charge in [0.05, 0.1) is 52.2 Å². The third kappa shape index (κ3) is 5.97. The second kappa shape index (κ2) is 12.6. The molecule has 0 fully saturated rings. The molecule has 228 valence electrons. The van der Waals surface area contributed by atoms with Gasteiger partial charge in [-0.2, -0.15) is 0 Å². The lowest BCUT2D eigenvalue weighted by molar-refractivity contribution is -0.384. The molecule has 2 aromatic heterocycles. The van der Waals surface area contributed by atoms with Crippen molar-refractivity contribution in [3.05, 3.63) is 105 Å². The Kier molecular flexibility index (Phi) is 8.88. The number of nitrogens with zero attached hydrogens (tertiary/aromatic N) is 3. The first-order valence-corrected chi connectivity index (χ1v) is 15.2. The average molecular weight is 683 g/mol. The van der Waals surface area contributed by atoms with Crippen molar-refractivity contribution in [3.63, 3.8) is 0 Å². The Hall–Kier alpha value is -4.49. The van der Waals surface area contributed by atoms with Crippen LogP contribution in [-0.2, 0) is 9.53 Å². The summed E-state index contributed by atoms with van der Waals surface area (Å²) in [5.74, 6) is 0.980. The molecule has 2 aromatic carbocycles. The number of fused-ring (bicyclic) bond motifs is 1. The molecule has 1 aliphatic heterocycles. The van der Waals surface area contributed by atoms with Crippen LogP contribution in [0.2, 0.25) is 0 Å². The number of ether oxygens (including phenoxy) is 3. The maximum Gasteiger partial charge on any atom is 0.338 e. The summed E-state index contributed by atoms with van der Waals surface area (Å²) in [5, 5.41) is 11.6. The van der Waals surface area contributed by atoms with Crippen LogP contribution in [0.5, 0.6) is 11.5 Å². The van der Waals surface area contributed by atoms with Crippen LogP contribution in [0.1, 0.15) is 45.1 Å². The van der Waals surface area contributed by atoms with Crippen molar-refractivity contribution in [2.45, 2.75) is 39.8 Å². The highest BCUT2D eigenvalue weighted by Crippen LogP contribution is 2.37. The molecule has 0 aliphatic carbocycles. The molecule has 0 unspecified atom stereocenters. The first-order chi connectivity index (χ1) is 21.0. The molecule has 1 atom stereocenters. The number of nitro groups is 1. The van der Waals surface area contributed by atoms with Crippen LogP contribution in [0.15, 0.2) is 78.5 Å². The monoisotopic (exact) mass is 681 g/mol. The molecule has 4 aromatic rings. The van der Waals surface area contributed by atoms with E-state index in [-0.39, 0.29) is 29.7 Å². The fourth-order valence-corrected chi connectivity index (χ4v) is 6.26. The van der Waals surface area contributed by atoms with Crippen molar-refractivity contribution in [2.24, 2.45) is 4.99 Å². The lowest BCUT2D eigenvalue weighted by Crippen LogP contribution is -2.40. The Labute approximate surface area is 264 Å². The number of hydrogen-bond acceptors (Lipinski definition) is 10. The normalized spacial score (nSPS) is 14.8. The van der Waals surface area contributed by atoms with Gasteiger partial charge in [0, 0.05) is 16.6 Å². The zero-order valence-corrected chi connectivity index (χ0v) is 26.9. The van der Waals surface area contributed by atoms with E-state index in [4.69, 9.17) is 18.6 Å². The number of aromatic nitrogens is 1. The van der Waals surface area contributed by atoms with Gasteiger partial charge in [-0.1, -0.05) is 33.3 Å². The summed E-state index contributed by atoms with van der Waals surface area (Å²) < 4.78 is 25.1. The van der Waals surface area contributed by atoms with Crippen molar-refractivity contribution >= 4 is 45.0 Å². The van der Waals surface area contributed by atoms with Gasteiger partial charge < -0.3 is 18.6 Å². The first kappa shape index (κ1) is 31.0. The number of rotatable bonds is 9. The molecule has 3 heterocycles. The van der Waals surface area contributed by atoms with Crippen molar-refractivity contribution in [1.82, 2.24) is 4.57 Å². The summed E-state index contributed by atoms with van der Waals surface area (Å²) in [6, 6.07) is 12.3. The SMILES string of the molecule is CCOC(=O)C1=C(C)N=c2s/c(=C/c3ccc(-c4ccc(Br)cc4[N+](=O)[O-])o3)c(=O)n2[C@@H]1c1ccc(OC(C)C)c(OC)c1. The lowest BCUT2D eigenvalue weighted by Gasteiger charge is -2.25. The van der Waals surface area contributed by atoms with Crippen LogP contribution in [0.3, 0.4) is 0 Å². The summed E-state index contributed by atoms with van der Waals surface area (Å²) in [4.78, 5) is 43.3. The van der Waals surface area contributed by atoms with Crippen molar-refractivity contribution in [1.29, 1.82) is 0 Å². The second-order valence-corrected chi connectivity index (χ2v) is 11.9. The number of esters is 1. The highest BCUT2D eigenvalue weighted by Gasteiger charge is 2.34. The van der Waals surface area contributed by atoms with E-state index in [1.165, 1.54) is 17.7 Å². The zero-order valence-electron chi connectivity index (χ0n) is 24.5. The Morgan fingerprint density at radius 1 is 1.20 bits per heavy atom. The Morgan fingerprint density at radius 3 is 2.66 bits per heavy atom. The molecule has 11 nitrogen and oxygen atoms in total. The van der Waals surface area contributed by atoms with Gasteiger partial charge in [0.1, 0.15) is 11.5 Å². The number of halogens is 1. The van der Waals surface area contributed by atoms with Crippen molar-refractivity contribution < 1.29 is 28.3 Å². The van der Waals surface area contributed by atoms with Crippen LogP contribution >= 0.6 is 27.3 Å². The molecule has 1 aliphatic rings. The van der Waals surface area contributed by atoms with Gasteiger partial charge in [0.2, 0.25) is 0 Å². The third-order valence-corrected chi connectivity index (χ3v) is 8.18. The zero-order chi connectivity index (χ0) is 31.7. The standard InChI is InChI=1S/C31H28BrN3O8S/c1-6-41-30(37)27-17(4)33-31-34(28(27)18-7-11-24(42-16(2)3)25(13-18)40-5)29(36)26(44-31)15-20-9-12-23(43-20)21-10-8-19(32)14-22(21)35(38)39/h7-16,28H,6H2,1-5H3/b26-15+/t28-/m1/s1. The van der Waals surface area contributed by atoms with E-state index >= 15 is 0 Å². The molecule has 0 N–H and O–H groups in total. The predicted octanol–water partition coefficient (Wildman–Crippen LogP) is 5.52.